The topological polar surface area (TPSA) is 57.5 Å². The van der Waals surface area contributed by atoms with Crippen molar-refractivity contribution in [2.24, 2.45) is 4.99 Å². The Kier molecular flexibility index (Phi) is 16.1. The highest BCUT2D eigenvalue weighted by Crippen LogP contribution is 2.02. The predicted octanol–water partition coefficient (Wildman–Crippen LogP) is 2.96. The Labute approximate surface area is 170 Å². The van der Waals surface area contributed by atoms with Crippen LogP contribution in [0.1, 0.15) is 45.4 Å². The van der Waals surface area contributed by atoms with E-state index >= 15 is 0 Å². The van der Waals surface area contributed by atoms with Gasteiger partial charge in [-0.2, -0.15) is 5.10 Å². The number of nitrogens with one attached hydrogen (secondary N) is 2. The van der Waals surface area contributed by atoms with E-state index in [0.717, 1.165) is 38.6 Å². The lowest BCUT2D eigenvalue weighted by atomic mass is 10.1. The second-order valence-corrected chi connectivity index (χ2v) is 6.38. The van der Waals surface area contributed by atoms with Crippen LogP contribution in [0.2, 0.25) is 0 Å². The van der Waals surface area contributed by atoms with Crippen molar-refractivity contribution in [3.63, 3.8) is 0 Å². The summed E-state index contributed by atoms with van der Waals surface area (Å²) in [6, 6.07) is 1.95. The highest BCUT2D eigenvalue weighted by atomic mass is 127. The molecule has 0 aliphatic carbocycles. The smallest absolute Gasteiger partial charge is 0.191 e. The largest absolute Gasteiger partial charge is 0.357 e. The van der Waals surface area contributed by atoms with Crippen LogP contribution in [-0.2, 0) is 6.54 Å². The van der Waals surface area contributed by atoms with Crippen molar-refractivity contribution in [2.75, 3.05) is 40.3 Å². The molecule has 0 saturated heterocycles. The predicted molar refractivity (Wildman–Crippen MR) is 118 cm³/mol. The summed E-state index contributed by atoms with van der Waals surface area (Å²) in [5, 5.41) is 10.9. The molecule has 7 heteroatoms. The van der Waals surface area contributed by atoms with Gasteiger partial charge in [-0.1, -0.05) is 19.3 Å². The fraction of sp³-hybridized carbons (Fsp3) is 0.778. The number of unbranched alkanes of at least 4 members (excludes halogenated alkanes) is 4. The summed E-state index contributed by atoms with van der Waals surface area (Å²) in [5.74, 6) is 0.936. The average Bonchev–Trinajstić information content (AvgIpc) is 3.07. The molecule has 0 saturated carbocycles. The van der Waals surface area contributed by atoms with Crippen molar-refractivity contribution in [3.8, 4) is 0 Å². The molecule has 25 heavy (non-hydrogen) atoms. The maximum Gasteiger partial charge on any atom is 0.191 e. The molecular formula is C18H37IN6. The fourth-order valence-corrected chi connectivity index (χ4v) is 2.49. The number of halogens is 1. The first kappa shape index (κ1) is 24.2. The number of rotatable bonds is 13. The Bertz CT molecular complexity index is 419. The van der Waals surface area contributed by atoms with E-state index in [1.54, 1.807) is 0 Å². The van der Waals surface area contributed by atoms with Gasteiger partial charge in [0.15, 0.2) is 5.96 Å². The van der Waals surface area contributed by atoms with Crippen LogP contribution in [0.3, 0.4) is 0 Å². The van der Waals surface area contributed by atoms with Gasteiger partial charge in [0, 0.05) is 38.6 Å². The average molecular weight is 464 g/mol. The van der Waals surface area contributed by atoms with Gasteiger partial charge in [0.25, 0.3) is 0 Å². The SMILES string of the molecule is CCNC(=NCCCn1cccn1)NCCCCCCCN(C)C.I. The lowest BCUT2D eigenvalue weighted by Gasteiger charge is -2.11. The fourth-order valence-electron chi connectivity index (χ4n) is 2.49. The molecule has 2 N–H and O–H groups in total. The van der Waals surface area contributed by atoms with Gasteiger partial charge in [0.05, 0.1) is 0 Å². The number of hydrogen-bond donors (Lipinski definition) is 2. The van der Waals surface area contributed by atoms with Crippen LogP contribution >= 0.6 is 24.0 Å². The maximum absolute atomic E-state index is 4.63. The second-order valence-electron chi connectivity index (χ2n) is 6.38. The van der Waals surface area contributed by atoms with E-state index < -0.39 is 0 Å². The molecule has 1 heterocycles. The summed E-state index contributed by atoms with van der Waals surface area (Å²) in [5.41, 5.74) is 0. The molecule has 6 nitrogen and oxygen atoms in total. The van der Waals surface area contributed by atoms with Gasteiger partial charge in [-0.15, -0.1) is 24.0 Å². The molecular weight excluding hydrogens is 427 g/mol. The molecule has 0 radical (unpaired) electrons. The van der Waals surface area contributed by atoms with Gasteiger partial charge < -0.3 is 15.5 Å². The van der Waals surface area contributed by atoms with Crippen molar-refractivity contribution in [3.05, 3.63) is 18.5 Å². The van der Waals surface area contributed by atoms with Crippen molar-refractivity contribution >= 4 is 29.9 Å². The molecule has 0 bridgehead atoms. The quantitative estimate of drug-likeness (QED) is 0.204. The third-order valence-electron chi connectivity index (χ3n) is 3.79. The Morgan fingerprint density at radius 3 is 2.52 bits per heavy atom. The summed E-state index contributed by atoms with van der Waals surface area (Å²) in [6.07, 6.45) is 11.3. The zero-order valence-corrected chi connectivity index (χ0v) is 18.5. The Hall–Kier alpha value is -0.830. The van der Waals surface area contributed by atoms with Crippen LogP contribution in [0.15, 0.2) is 23.5 Å². The van der Waals surface area contributed by atoms with E-state index in [-0.39, 0.29) is 24.0 Å². The summed E-state index contributed by atoms with van der Waals surface area (Å²) < 4.78 is 1.95. The van der Waals surface area contributed by atoms with Gasteiger partial charge >= 0.3 is 0 Å². The van der Waals surface area contributed by atoms with Crippen molar-refractivity contribution in [1.82, 2.24) is 25.3 Å². The van der Waals surface area contributed by atoms with E-state index in [1.165, 1.54) is 38.6 Å². The molecule has 0 unspecified atom stereocenters. The first-order valence-corrected chi connectivity index (χ1v) is 9.36. The van der Waals surface area contributed by atoms with E-state index in [9.17, 15) is 0 Å². The summed E-state index contributed by atoms with van der Waals surface area (Å²) >= 11 is 0. The normalized spacial score (nSPS) is 11.4. The minimum absolute atomic E-state index is 0. The summed E-state index contributed by atoms with van der Waals surface area (Å²) in [6.45, 7) is 6.94. The van der Waals surface area contributed by atoms with Gasteiger partial charge in [-0.25, -0.2) is 0 Å². The monoisotopic (exact) mass is 464 g/mol. The summed E-state index contributed by atoms with van der Waals surface area (Å²) in [7, 11) is 4.28. The molecule has 0 fully saturated rings. The molecule has 0 spiro atoms. The molecule has 1 aromatic rings. The van der Waals surface area contributed by atoms with Crippen LogP contribution < -0.4 is 10.6 Å². The minimum atomic E-state index is 0. The van der Waals surface area contributed by atoms with Crippen molar-refractivity contribution in [1.29, 1.82) is 0 Å². The molecule has 0 aromatic carbocycles. The highest BCUT2D eigenvalue weighted by Gasteiger charge is 1.97. The number of aromatic nitrogens is 2. The van der Waals surface area contributed by atoms with Gasteiger partial charge in [0.2, 0.25) is 0 Å². The molecule has 1 rings (SSSR count). The number of hydrogen-bond acceptors (Lipinski definition) is 3. The zero-order valence-electron chi connectivity index (χ0n) is 16.2. The van der Waals surface area contributed by atoms with Crippen molar-refractivity contribution in [2.45, 2.75) is 52.0 Å². The molecule has 146 valence electrons. The number of aryl methyl sites for hydroxylation is 1. The van der Waals surface area contributed by atoms with Gasteiger partial charge in [-0.3, -0.25) is 9.67 Å². The Morgan fingerprint density at radius 2 is 1.84 bits per heavy atom. The Balaban J connectivity index is 0.00000576. The highest BCUT2D eigenvalue weighted by molar-refractivity contribution is 14.0. The van der Waals surface area contributed by atoms with E-state index in [4.69, 9.17) is 0 Å². The number of aliphatic imine (C=N–C) groups is 1. The van der Waals surface area contributed by atoms with Crippen LogP contribution in [0.5, 0.6) is 0 Å². The lowest BCUT2D eigenvalue weighted by molar-refractivity contribution is 0.389. The maximum atomic E-state index is 4.63. The van der Waals surface area contributed by atoms with E-state index in [2.05, 4.69) is 46.6 Å². The first-order valence-electron chi connectivity index (χ1n) is 9.36. The second kappa shape index (κ2) is 16.6. The molecule has 1 aromatic heterocycles. The molecule has 0 atom stereocenters. The van der Waals surface area contributed by atoms with Crippen LogP contribution in [-0.4, -0.2) is 60.9 Å². The lowest BCUT2D eigenvalue weighted by Crippen LogP contribution is -2.37. The van der Waals surface area contributed by atoms with Crippen LogP contribution in [0, 0.1) is 0 Å². The Morgan fingerprint density at radius 1 is 1.08 bits per heavy atom. The van der Waals surface area contributed by atoms with E-state index in [1.807, 2.05) is 23.1 Å². The molecule has 0 aliphatic heterocycles. The first-order chi connectivity index (χ1) is 11.7. The van der Waals surface area contributed by atoms with Gasteiger partial charge in [0.1, 0.15) is 0 Å². The van der Waals surface area contributed by atoms with E-state index in [0.29, 0.717) is 0 Å². The molecule has 0 aliphatic rings. The minimum Gasteiger partial charge on any atom is -0.357 e. The third-order valence-corrected chi connectivity index (χ3v) is 3.79. The number of nitrogens with zero attached hydrogens (tertiary/aromatic N) is 4. The van der Waals surface area contributed by atoms with Crippen LogP contribution in [0.25, 0.3) is 0 Å². The van der Waals surface area contributed by atoms with Crippen LogP contribution in [0.4, 0.5) is 0 Å². The molecule has 0 amide bonds. The number of guanidine groups is 1. The zero-order chi connectivity index (χ0) is 17.5. The van der Waals surface area contributed by atoms with Crippen molar-refractivity contribution < 1.29 is 0 Å². The standard InChI is InChI=1S/C18H36N6.HI/c1-4-19-18(21-13-10-16-24-17-11-14-22-24)20-12-8-6-5-7-9-15-23(2)3;/h11,14,17H,4-10,12-13,15-16H2,1-3H3,(H2,19,20,21);1H. The summed E-state index contributed by atoms with van der Waals surface area (Å²) in [4.78, 5) is 6.88. The third kappa shape index (κ3) is 14.1. The van der Waals surface area contributed by atoms with Gasteiger partial charge in [-0.05, 0) is 52.9 Å².